The molecule has 2 aromatic rings. The highest BCUT2D eigenvalue weighted by molar-refractivity contribution is 7.80. The van der Waals surface area contributed by atoms with Crippen LogP contribution in [0.5, 0.6) is 0 Å². The minimum Gasteiger partial charge on any atom is -0.331 e. The summed E-state index contributed by atoms with van der Waals surface area (Å²) in [5.41, 5.74) is 5.11. The number of anilines is 1. The van der Waals surface area contributed by atoms with Gasteiger partial charge in [-0.25, -0.2) is 4.85 Å². The molecule has 0 spiro atoms. The van der Waals surface area contributed by atoms with E-state index in [9.17, 15) is 14.9 Å². The lowest BCUT2D eigenvalue weighted by atomic mass is 10.1. The van der Waals surface area contributed by atoms with Crippen molar-refractivity contribution in [2.24, 2.45) is 0 Å². The SMILES string of the molecule is [C-]#[N+]C(=Cc1cccc([N+](=O)[O-])c1)C(=O)NNC(=S)Nc1cc(Cl)cc(Cl)c1. The number of non-ortho nitro benzene ring substituents is 1. The van der Waals surface area contributed by atoms with Crippen molar-refractivity contribution in [3.8, 4) is 0 Å². The van der Waals surface area contributed by atoms with Crippen LogP contribution in [-0.4, -0.2) is 15.9 Å². The van der Waals surface area contributed by atoms with Gasteiger partial charge in [-0.3, -0.25) is 25.8 Å². The third-order valence-electron chi connectivity index (χ3n) is 3.15. The maximum atomic E-state index is 12.1. The Kier molecular flexibility index (Phi) is 7.28. The molecule has 0 fully saturated rings. The number of nitro groups is 1. The predicted molar refractivity (Wildman–Crippen MR) is 112 cm³/mol. The van der Waals surface area contributed by atoms with Gasteiger partial charge >= 0.3 is 0 Å². The fourth-order valence-electron chi connectivity index (χ4n) is 2.00. The Bertz CT molecular complexity index is 1000. The quantitative estimate of drug-likeness (QED) is 0.219. The average molecular weight is 436 g/mol. The third-order valence-corrected chi connectivity index (χ3v) is 3.79. The van der Waals surface area contributed by atoms with Gasteiger partial charge in [0.1, 0.15) is 0 Å². The minimum atomic E-state index is -0.769. The van der Waals surface area contributed by atoms with Crippen molar-refractivity contribution in [3.05, 3.63) is 85.3 Å². The zero-order chi connectivity index (χ0) is 20.7. The fraction of sp³-hybridized carbons (Fsp3) is 0. The first-order valence-corrected chi connectivity index (χ1v) is 8.62. The van der Waals surface area contributed by atoms with E-state index in [0.717, 1.165) is 0 Å². The molecule has 0 bridgehead atoms. The summed E-state index contributed by atoms with van der Waals surface area (Å²) in [4.78, 5) is 25.5. The number of hydrazine groups is 1. The van der Waals surface area contributed by atoms with Crippen molar-refractivity contribution in [1.82, 2.24) is 10.9 Å². The van der Waals surface area contributed by atoms with E-state index in [0.29, 0.717) is 21.3 Å². The van der Waals surface area contributed by atoms with Gasteiger partial charge in [0.05, 0.1) is 11.5 Å². The summed E-state index contributed by atoms with van der Waals surface area (Å²) in [5.74, 6) is -0.769. The lowest BCUT2D eigenvalue weighted by Gasteiger charge is -2.12. The number of carbonyl (C=O) groups excluding carboxylic acids is 1. The van der Waals surface area contributed by atoms with Crippen molar-refractivity contribution in [2.45, 2.75) is 0 Å². The highest BCUT2D eigenvalue weighted by Crippen LogP contribution is 2.22. The smallest absolute Gasteiger partial charge is 0.269 e. The van der Waals surface area contributed by atoms with Gasteiger partial charge in [-0.1, -0.05) is 35.3 Å². The number of nitrogens with one attached hydrogen (secondary N) is 3. The van der Waals surface area contributed by atoms with Gasteiger partial charge in [0, 0.05) is 27.9 Å². The van der Waals surface area contributed by atoms with Crippen LogP contribution in [0.1, 0.15) is 5.56 Å². The van der Waals surface area contributed by atoms with E-state index in [1.807, 2.05) is 0 Å². The van der Waals surface area contributed by atoms with Gasteiger partial charge in [-0.15, -0.1) is 0 Å². The van der Waals surface area contributed by atoms with Crippen molar-refractivity contribution >= 4 is 63.9 Å². The number of benzene rings is 2. The van der Waals surface area contributed by atoms with E-state index in [1.54, 1.807) is 18.2 Å². The molecule has 0 atom stereocenters. The Hall–Kier alpha value is -3.19. The van der Waals surface area contributed by atoms with Crippen LogP contribution < -0.4 is 16.2 Å². The molecule has 142 valence electrons. The largest absolute Gasteiger partial charge is 0.331 e. The molecule has 3 N–H and O–H groups in total. The minimum absolute atomic E-state index is 0.0337. The van der Waals surface area contributed by atoms with Crippen molar-refractivity contribution in [3.63, 3.8) is 0 Å². The number of carbonyl (C=O) groups is 1. The fourth-order valence-corrected chi connectivity index (χ4v) is 2.70. The summed E-state index contributed by atoms with van der Waals surface area (Å²) in [6.45, 7) is 7.15. The summed E-state index contributed by atoms with van der Waals surface area (Å²) >= 11 is 16.8. The molecule has 0 aromatic heterocycles. The standard InChI is InChI=1S/C17H11Cl2N5O3S/c1-20-15(6-10-3-2-4-14(5-10)24(26)27)16(25)22-23-17(28)21-13-8-11(18)7-12(19)9-13/h2-9H,(H,22,25)(H2,21,23,28). The maximum Gasteiger partial charge on any atom is 0.269 e. The molecule has 0 saturated heterocycles. The Balaban J connectivity index is 2.02. The first-order chi connectivity index (χ1) is 13.3. The summed E-state index contributed by atoms with van der Waals surface area (Å²) < 4.78 is 0. The number of thiocarbonyl (C=S) groups is 1. The Morgan fingerprint density at radius 1 is 1.18 bits per heavy atom. The number of rotatable bonds is 4. The number of amides is 1. The summed E-state index contributed by atoms with van der Waals surface area (Å²) in [7, 11) is 0. The van der Waals surface area contributed by atoms with Gasteiger partial charge < -0.3 is 5.32 Å². The second kappa shape index (κ2) is 9.66. The van der Waals surface area contributed by atoms with Gasteiger partial charge in [-0.05, 0) is 42.1 Å². The first kappa shape index (κ1) is 21.1. The molecule has 0 unspecified atom stereocenters. The second-order valence-corrected chi connectivity index (χ2v) is 6.47. The molecule has 0 heterocycles. The maximum absolute atomic E-state index is 12.1. The number of hydrogen-bond acceptors (Lipinski definition) is 4. The topological polar surface area (TPSA) is 101 Å². The van der Waals surface area contributed by atoms with E-state index in [2.05, 4.69) is 21.0 Å². The molecule has 2 rings (SSSR count). The van der Waals surface area contributed by atoms with Crippen LogP contribution in [0.2, 0.25) is 10.0 Å². The monoisotopic (exact) mass is 435 g/mol. The first-order valence-electron chi connectivity index (χ1n) is 7.45. The molecule has 8 nitrogen and oxygen atoms in total. The summed E-state index contributed by atoms with van der Waals surface area (Å²) in [5, 5.41) is 14.4. The zero-order valence-electron chi connectivity index (χ0n) is 13.9. The van der Waals surface area contributed by atoms with Crippen LogP contribution in [0.25, 0.3) is 10.9 Å². The molecule has 28 heavy (non-hydrogen) atoms. The highest BCUT2D eigenvalue weighted by Gasteiger charge is 2.12. The average Bonchev–Trinajstić information content (AvgIpc) is 2.63. The molecule has 11 heteroatoms. The number of nitro benzene ring substituents is 1. The molecule has 0 saturated carbocycles. The molecule has 0 aliphatic rings. The summed E-state index contributed by atoms with van der Waals surface area (Å²) in [6, 6.07) is 10.3. The van der Waals surface area contributed by atoms with Crippen LogP contribution in [0.15, 0.2) is 48.2 Å². The molecule has 0 radical (unpaired) electrons. The number of halogens is 2. The van der Waals surface area contributed by atoms with E-state index < -0.39 is 10.8 Å². The highest BCUT2D eigenvalue weighted by atomic mass is 35.5. The molecular weight excluding hydrogens is 425 g/mol. The predicted octanol–water partition coefficient (Wildman–Crippen LogP) is 4.18. The van der Waals surface area contributed by atoms with Crippen molar-refractivity contribution in [2.75, 3.05) is 5.32 Å². The van der Waals surface area contributed by atoms with Crippen LogP contribution >= 0.6 is 35.4 Å². The van der Waals surface area contributed by atoms with Gasteiger partial charge in [0.15, 0.2) is 5.11 Å². The Morgan fingerprint density at radius 2 is 1.86 bits per heavy atom. The van der Waals surface area contributed by atoms with E-state index in [4.69, 9.17) is 42.0 Å². The molecule has 2 aromatic carbocycles. The molecule has 0 aliphatic carbocycles. The molecule has 1 amide bonds. The van der Waals surface area contributed by atoms with E-state index >= 15 is 0 Å². The normalized spacial score (nSPS) is 10.5. The van der Waals surface area contributed by atoms with Gasteiger partial charge in [0.2, 0.25) is 0 Å². The molecular formula is C17H11Cl2N5O3S. The van der Waals surface area contributed by atoms with Crippen LogP contribution in [0.4, 0.5) is 11.4 Å². The van der Waals surface area contributed by atoms with Crippen LogP contribution in [0, 0.1) is 16.7 Å². The number of nitrogens with zero attached hydrogens (tertiary/aromatic N) is 2. The Morgan fingerprint density at radius 3 is 2.46 bits per heavy atom. The van der Waals surface area contributed by atoms with Crippen molar-refractivity contribution < 1.29 is 9.72 Å². The summed E-state index contributed by atoms with van der Waals surface area (Å²) in [6.07, 6.45) is 1.23. The second-order valence-electron chi connectivity index (χ2n) is 5.18. The molecule has 0 aliphatic heterocycles. The van der Waals surface area contributed by atoms with Crippen LogP contribution in [-0.2, 0) is 4.79 Å². The number of hydrogen-bond donors (Lipinski definition) is 3. The van der Waals surface area contributed by atoms with Gasteiger partial charge in [-0.2, -0.15) is 0 Å². The lowest BCUT2D eigenvalue weighted by molar-refractivity contribution is -0.384. The zero-order valence-corrected chi connectivity index (χ0v) is 16.2. The van der Waals surface area contributed by atoms with Gasteiger partial charge in [0.25, 0.3) is 17.3 Å². The Labute approximate surface area is 175 Å². The third kappa shape index (κ3) is 6.21. The van der Waals surface area contributed by atoms with Crippen molar-refractivity contribution in [1.29, 1.82) is 0 Å². The van der Waals surface area contributed by atoms with E-state index in [1.165, 1.54) is 30.3 Å². The van der Waals surface area contributed by atoms with Crippen LogP contribution in [0.3, 0.4) is 0 Å². The lowest BCUT2D eigenvalue weighted by Crippen LogP contribution is -2.44. The van der Waals surface area contributed by atoms with E-state index in [-0.39, 0.29) is 16.5 Å².